The van der Waals surface area contributed by atoms with Gasteiger partial charge in [0.25, 0.3) is 0 Å². The number of ketones is 1. The summed E-state index contributed by atoms with van der Waals surface area (Å²) in [5.41, 5.74) is 5.14. The lowest BCUT2D eigenvalue weighted by Gasteiger charge is -2.07. The van der Waals surface area contributed by atoms with Crippen LogP contribution in [0.1, 0.15) is 39.5 Å². The van der Waals surface area contributed by atoms with Crippen molar-refractivity contribution in [3.8, 4) is 12.3 Å². The average Bonchev–Trinajstić information content (AvgIpc) is 2.68. The molecule has 0 spiro atoms. The number of hydrogen-bond acceptors (Lipinski definition) is 7. The maximum absolute atomic E-state index is 11.4. The number of ether oxygens (including phenoxy) is 4. The molecule has 0 aliphatic rings. The molecule has 0 bridgehead atoms. The highest BCUT2D eigenvalue weighted by molar-refractivity contribution is 5.86. The van der Waals surface area contributed by atoms with E-state index in [2.05, 4.69) is 18.2 Å². The van der Waals surface area contributed by atoms with Gasteiger partial charge >= 0.3 is 0 Å². The molecule has 0 aromatic heterocycles. The molecule has 0 aliphatic heterocycles. The molecule has 0 saturated heterocycles. The minimum atomic E-state index is -0.301. The molecule has 0 aromatic rings. The van der Waals surface area contributed by atoms with E-state index in [0.717, 1.165) is 13.0 Å². The zero-order valence-corrected chi connectivity index (χ0v) is 17.5. The van der Waals surface area contributed by atoms with Crippen LogP contribution in [0.5, 0.6) is 0 Å². The van der Waals surface area contributed by atoms with E-state index in [1.807, 2.05) is 6.92 Å². The van der Waals surface area contributed by atoms with E-state index in [0.29, 0.717) is 46.1 Å². The van der Waals surface area contributed by atoms with Crippen molar-refractivity contribution >= 4 is 11.7 Å². The minimum Gasteiger partial charge on any atom is -0.377 e. The topological polar surface area (TPSA) is 109 Å². The van der Waals surface area contributed by atoms with Crippen molar-refractivity contribution in [1.29, 1.82) is 0 Å². The molecule has 0 fully saturated rings. The predicted molar refractivity (Wildman–Crippen MR) is 109 cm³/mol. The Bertz CT molecular complexity index is 397. The molecule has 164 valence electrons. The fourth-order valence-corrected chi connectivity index (χ4v) is 1.67. The van der Waals surface area contributed by atoms with Gasteiger partial charge < -0.3 is 30.0 Å². The number of unbranched alkanes of at least 4 members (excludes halogenated alkanes) is 1. The number of nitrogens with two attached hydrogens (primary N) is 1. The van der Waals surface area contributed by atoms with Gasteiger partial charge in [-0.1, -0.05) is 26.2 Å². The summed E-state index contributed by atoms with van der Waals surface area (Å²) in [4.78, 5) is 22.6. The second-order valence-corrected chi connectivity index (χ2v) is 5.74. The van der Waals surface area contributed by atoms with Gasteiger partial charge in [-0.05, 0) is 19.4 Å². The molecule has 0 unspecified atom stereocenters. The molecule has 0 heterocycles. The third kappa shape index (κ3) is 26.7. The summed E-state index contributed by atoms with van der Waals surface area (Å²) in [5, 5.41) is 2.51. The predicted octanol–water partition coefficient (Wildman–Crippen LogP) is 0.917. The van der Waals surface area contributed by atoms with E-state index in [1.165, 1.54) is 12.8 Å². The number of Topliss-reactive ketones (excluding diaryl/α,β-unsaturated/α-hetero) is 1. The molecule has 3 N–H and O–H groups in total. The van der Waals surface area contributed by atoms with Gasteiger partial charge in [0.05, 0.1) is 46.2 Å². The van der Waals surface area contributed by atoms with Crippen LogP contribution in [0.4, 0.5) is 0 Å². The Kier molecular flexibility index (Phi) is 26.1. The minimum absolute atomic E-state index is 0.0221. The van der Waals surface area contributed by atoms with Crippen LogP contribution >= 0.6 is 0 Å². The first kappa shape index (κ1) is 28.7. The van der Waals surface area contributed by atoms with Crippen LogP contribution in [-0.4, -0.2) is 77.6 Å². The van der Waals surface area contributed by atoms with Crippen molar-refractivity contribution in [2.75, 3.05) is 65.9 Å². The maximum Gasteiger partial charge on any atom is 0.246 e. The molecule has 8 nitrogen and oxygen atoms in total. The van der Waals surface area contributed by atoms with Gasteiger partial charge in [0, 0.05) is 6.42 Å². The van der Waals surface area contributed by atoms with Crippen LogP contribution in [0, 0.1) is 12.3 Å². The molecule has 0 aliphatic carbocycles. The molecule has 0 saturated carbocycles. The van der Waals surface area contributed by atoms with Gasteiger partial charge in [0.15, 0.2) is 5.78 Å². The third-order valence-corrected chi connectivity index (χ3v) is 3.10. The Morgan fingerprint density at radius 3 is 1.96 bits per heavy atom. The van der Waals surface area contributed by atoms with E-state index >= 15 is 0 Å². The van der Waals surface area contributed by atoms with Crippen LogP contribution in [0.15, 0.2) is 0 Å². The van der Waals surface area contributed by atoms with Crippen molar-refractivity contribution in [2.24, 2.45) is 5.73 Å². The van der Waals surface area contributed by atoms with Crippen molar-refractivity contribution in [1.82, 2.24) is 5.32 Å². The zero-order valence-electron chi connectivity index (χ0n) is 17.5. The molecule has 0 aromatic carbocycles. The highest BCUT2D eigenvalue weighted by Crippen LogP contribution is 1.87. The Labute approximate surface area is 169 Å². The summed E-state index contributed by atoms with van der Waals surface area (Å²) in [6, 6.07) is 0. The Morgan fingerprint density at radius 1 is 0.929 bits per heavy atom. The summed E-state index contributed by atoms with van der Waals surface area (Å²) in [5.74, 6) is 2.08. The van der Waals surface area contributed by atoms with E-state index in [1.54, 1.807) is 0 Å². The molecule has 0 rings (SSSR count). The van der Waals surface area contributed by atoms with Gasteiger partial charge in [-0.3, -0.25) is 9.59 Å². The maximum atomic E-state index is 11.4. The molecular weight excluding hydrogens is 364 g/mol. The monoisotopic (exact) mass is 402 g/mol. The highest BCUT2D eigenvalue weighted by atomic mass is 16.6. The average molecular weight is 403 g/mol. The number of carbonyl (C=O) groups excluding carboxylic acids is 2. The van der Waals surface area contributed by atoms with Crippen LogP contribution in [0.25, 0.3) is 0 Å². The lowest BCUT2D eigenvalue weighted by molar-refractivity contribution is -0.128. The normalized spacial score (nSPS) is 9.93. The number of rotatable bonds is 18. The number of nitrogens with one attached hydrogen (secondary N) is 1. The van der Waals surface area contributed by atoms with Crippen LogP contribution in [0.3, 0.4) is 0 Å². The Balaban J connectivity index is 0. The third-order valence-electron chi connectivity index (χ3n) is 3.10. The summed E-state index contributed by atoms with van der Waals surface area (Å²) in [6.45, 7) is 7.68. The lowest BCUT2D eigenvalue weighted by atomic mass is 10.2. The first-order chi connectivity index (χ1) is 13.6. The number of terminal acetylenes is 1. The summed E-state index contributed by atoms with van der Waals surface area (Å²) in [7, 11) is 0. The fraction of sp³-hybridized carbons (Fsp3) is 0.800. The van der Waals surface area contributed by atoms with E-state index in [9.17, 15) is 9.59 Å². The van der Waals surface area contributed by atoms with Crippen LogP contribution in [0.2, 0.25) is 0 Å². The molecular formula is C20H38N2O6. The lowest BCUT2D eigenvalue weighted by Crippen LogP contribution is -2.32. The molecule has 0 radical (unpaired) electrons. The Hall–Kier alpha value is -1.50. The molecule has 8 heteroatoms. The quantitative estimate of drug-likeness (QED) is 0.259. The van der Waals surface area contributed by atoms with E-state index in [-0.39, 0.29) is 31.4 Å². The van der Waals surface area contributed by atoms with Crippen LogP contribution < -0.4 is 11.1 Å². The first-order valence-corrected chi connectivity index (χ1v) is 9.85. The second-order valence-electron chi connectivity index (χ2n) is 5.74. The summed E-state index contributed by atoms with van der Waals surface area (Å²) in [6.07, 6.45) is 8.67. The van der Waals surface area contributed by atoms with E-state index in [4.69, 9.17) is 31.1 Å². The summed E-state index contributed by atoms with van der Waals surface area (Å²) >= 11 is 0. The van der Waals surface area contributed by atoms with Gasteiger partial charge in [0.2, 0.25) is 5.91 Å². The molecule has 0 atom stereocenters. The van der Waals surface area contributed by atoms with Gasteiger partial charge in [-0.25, -0.2) is 0 Å². The van der Waals surface area contributed by atoms with Gasteiger partial charge in [0.1, 0.15) is 13.2 Å². The zero-order chi connectivity index (χ0) is 21.3. The largest absolute Gasteiger partial charge is 0.377 e. The van der Waals surface area contributed by atoms with Crippen LogP contribution in [-0.2, 0) is 28.5 Å². The smallest absolute Gasteiger partial charge is 0.246 e. The van der Waals surface area contributed by atoms with Crippen molar-refractivity contribution < 1.29 is 28.5 Å². The standard InChI is InChI=1S/C16H27NO6.C4H11N/c1-3-5-15(18)13-17-16(19)14-23-12-11-22-10-9-21-8-7-20-6-4-2;1-2-3-4-5/h2H,3,5-14H2,1H3,(H,17,19);2-5H2,1H3. The molecule has 28 heavy (non-hydrogen) atoms. The Morgan fingerprint density at radius 2 is 1.50 bits per heavy atom. The van der Waals surface area contributed by atoms with Crippen molar-refractivity contribution in [2.45, 2.75) is 39.5 Å². The van der Waals surface area contributed by atoms with Crippen molar-refractivity contribution in [3.63, 3.8) is 0 Å². The molecule has 1 amide bonds. The van der Waals surface area contributed by atoms with Gasteiger partial charge in [-0.2, -0.15) is 0 Å². The van der Waals surface area contributed by atoms with Gasteiger partial charge in [-0.15, -0.1) is 6.42 Å². The highest BCUT2D eigenvalue weighted by Gasteiger charge is 2.04. The number of carbonyl (C=O) groups is 2. The number of amides is 1. The number of hydrogen-bond donors (Lipinski definition) is 2. The summed E-state index contributed by atoms with van der Waals surface area (Å²) < 4.78 is 20.7. The van der Waals surface area contributed by atoms with Crippen molar-refractivity contribution in [3.05, 3.63) is 0 Å². The fourth-order valence-electron chi connectivity index (χ4n) is 1.67. The SMILES string of the molecule is C#CCOCCOCCOCCOCC(=O)NCC(=O)CCC.CCCCN. The first-order valence-electron chi connectivity index (χ1n) is 9.85. The van der Waals surface area contributed by atoms with E-state index < -0.39 is 0 Å². The second kappa shape index (κ2) is 25.5.